The van der Waals surface area contributed by atoms with Gasteiger partial charge in [0.1, 0.15) is 5.82 Å². The van der Waals surface area contributed by atoms with Crippen molar-refractivity contribution >= 4 is 23.3 Å². The third kappa shape index (κ3) is 3.45. The molecule has 1 aromatic carbocycles. The maximum atomic E-state index is 11.1. The largest absolute Gasteiger partial charge is 0.369 e. The summed E-state index contributed by atoms with van der Waals surface area (Å²) in [6, 6.07) is 7.59. The Balaban J connectivity index is 1.41. The Hall–Kier alpha value is -2.18. The number of carbonyl (C=O) groups is 1. The zero-order valence-corrected chi connectivity index (χ0v) is 14.6. The number of halogens is 1. The maximum absolute atomic E-state index is 11.1. The van der Waals surface area contributed by atoms with Crippen molar-refractivity contribution in [2.45, 2.75) is 0 Å². The van der Waals surface area contributed by atoms with Crippen LogP contribution in [-0.2, 0) is 4.79 Å². The number of benzene rings is 1. The molecule has 2 unspecified atom stereocenters. The molecule has 4 rings (SSSR count). The second-order valence-corrected chi connectivity index (χ2v) is 7.29. The summed E-state index contributed by atoms with van der Waals surface area (Å²) < 4.78 is 0. The predicted molar refractivity (Wildman–Crippen MR) is 97.3 cm³/mol. The molecule has 2 N–H and O–H groups in total. The first-order valence-corrected chi connectivity index (χ1v) is 8.80. The van der Waals surface area contributed by atoms with E-state index in [1.165, 1.54) is 0 Å². The highest BCUT2D eigenvalue weighted by Gasteiger charge is 2.40. The molecule has 1 aromatic heterocycles. The molecule has 3 heterocycles. The molecule has 2 fully saturated rings. The molecule has 0 radical (unpaired) electrons. The molecule has 25 heavy (non-hydrogen) atoms. The van der Waals surface area contributed by atoms with Crippen molar-refractivity contribution in [3.63, 3.8) is 0 Å². The van der Waals surface area contributed by atoms with Crippen LogP contribution in [0, 0.1) is 11.8 Å². The van der Waals surface area contributed by atoms with E-state index in [1.54, 1.807) is 0 Å². The van der Waals surface area contributed by atoms with Crippen LogP contribution in [0.4, 0.5) is 5.82 Å². The topological polar surface area (TPSA) is 75.4 Å². The van der Waals surface area contributed by atoms with Crippen LogP contribution in [0.15, 0.2) is 36.7 Å². The van der Waals surface area contributed by atoms with Crippen LogP contribution in [0.1, 0.15) is 0 Å². The predicted octanol–water partition coefficient (Wildman–Crippen LogP) is 1.65. The Morgan fingerprint density at radius 1 is 1.08 bits per heavy atom. The van der Waals surface area contributed by atoms with E-state index in [4.69, 9.17) is 17.3 Å². The van der Waals surface area contributed by atoms with Crippen molar-refractivity contribution < 1.29 is 4.79 Å². The maximum Gasteiger partial charge on any atom is 0.231 e. The molecule has 130 valence electrons. The normalized spacial score (nSPS) is 23.0. The van der Waals surface area contributed by atoms with Crippen molar-refractivity contribution in [2.75, 3.05) is 37.6 Å². The molecule has 2 aromatic rings. The summed E-state index contributed by atoms with van der Waals surface area (Å²) in [5.41, 5.74) is 7.14. The lowest BCUT2D eigenvalue weighted by Crippen LogP contribution is -2.35. The Morgan fingerprint density at radius 3 is 2.32 bits per heavy atom. The van der Waals surface area contributed by atoms with Crippen molar-refractivity contribution in [3.8, 4) is 11.3 Å². The smallest absolute Gasteiger partial charge is 0.231 e. The number of carbonyl (C=O) groups excluding carboxylic acids is 1. The fourth-order valence-electron chi connectivity index (χ4n) is 3.88. The van der Waals surface area contributed by atoms with Crippen LogP contribution in [0.3, 0.4) is 0 Å². The molecule has 0 bridgehead atoms. The van der Waals surface area contributed by atoms with Crippen molar-refractivity contribution in [3.05, 3.63) is 41.7 Å². The number of aromatic nitrogens is 2. The van der Waals surface area contributed by atoms with Crippen LogP contribution in [0.25, 0.3) is 11.3 Å². The van der Waals surface area contributed by atoms with Gasteiger partial charge in [0.05, 0.1) is 24.6 Å². The molecule has 0 aliphatic carbocycles. The Labute approximate surface area is 151 Å². The lowest BCUT2D eigenvalue weighted by atomic mass is 10.0. The fraction of sp³-hybridized carbons (Fsp3) is 0.389. The van der Waals surface area contributed by atoms with Gasteiger partial charge in [0.2, 0.25) is 5.91 Å². The number of hydrogen-bond acceptors (Lipinski definition) is 5. The SMILES string of the molecule is NC(=O)CN1CC2CN(c3cnc(-c4ccc(Cl)cc4)cn3)CC2C1. The number of rotatable bonds is 4. The zero-order valence-electron chi connectivity index (χ0n) is 13.8. The van der Waals surface area contributed by atoms with Crippen LogP contribution >= 0.6 is 11.6 Å². The number of likely N-dealkylation sites (tertiary alicyclic amines) is 1. The van der Waals surface area contributed by atoms with Crippen molar-refractivity contribution in [1.82, 2.24) is 14.9 Å². The van der Waals surface area contributed by atoms with E-state index < -0.39 is 0 Å². The Morgan fingerprint density at radius 2 is 1.76 bits per heavy atom. The summed E-state index contributed by atoms with van der Waals surface area (Å²) >= 11 is 5.92. The first kappa shape index (κ1) is 16.3. The molecular weight excluding hydrogens is 338 g/mol. The van der Waals surface area contributed by atoms with Gasteiger partial charge in [0.25, 0.3) is 0 Å². The van der Waals surface area contributed by atoms with E-state index in [2.05, 4.69) is 19.8 Å². The van der Waals surface area contributed by atoms with Gasteiger partial charge in [-0.3, -0.25) is 14.7 Å². The molecule has 2 aliphatic heterocycles. The van der Waals surface area contributed by atoms with Gasteiger partial charge in [-0.1, -0.05) is 23.7 Å². The van der Waals surface area contributed by atoms with Gasteiger partial charge in [-0.25, -0.2) is 4.98 Å². The fourth-order valence-corrected chi connectivity index (χ4v) is 4.01. The first-order valence-electron chi connectivity index (χ1n) is 8.42. The number of anilines is 1. The zero-order chi connectivity index (χ0) is 17.4. The molecule has 6 nitrogen and oxygen atoms in total. The summed E-state index contributed by atoms with van der Waals surface area (Å²) in [6.45, 7) is 4.13. The number of nitrogens with zero attached hydrogens (tertiary/aromatic N) is 4. The van der Waals surface area contributed by atoms with E-state index in [0.29, 0.717) is 23.4 Å². The Kier molecular flexibility index (Phi) is 4.31. The van der Waals surface area contributed by atoms with Gasteiger partial charge < -0.3 is 10.6 Å². The second kappa shape index (κ2) is 6.61. The summed E-state index contributed by atoms with van der Waals surface area (Å²) in [6.07, 6.45) is 3.65. The highest BCUT2D eigenvalue weighted by Crippen LogP contribution is 2.33. The van der Waals surface area contributed by atoms with Gasteiger partial charge in [0.15, 0.2) is 0 Å². The molecule has 1 amide bonds. The van der Waals surface area contributed by atoms with E-state index >= 15 is 0 Å². The van der Waals surface area contributed by atoms with E-state index in [0.717, 1.165) is 43.3 Å². The van der Waals surface area contributed by atoms with Gasteiger partial charge in [-0.05, 0) is 24.0 Å². The molecule has 2 saturated heterocycles. The average molecular weight is 358 g/mol. The summed E-state index contributed by atoms with van der Waals surface area (Å²) in [4.78, 5) is 24.7. The van der Waals surface area contributed by atoms with Gasteiger partial charge in [-0.2, -0.15) is 0 Å². The molecular formula is C18H20ClN5O. The van der Waals surface area contributed by atoms with Gasteiger partial charge in [0, 0.05) is 36.8 Å². The summed E-state index contributed by atoms with van der Waals surface area (Å²) in [7, 11) is 0. The average Bonchev–Trinajstić information content (AvgIpc) is 3.13. The van der Waals surface area contributed by atoms with Crippen LogP contribution in [-0.4, -0.2) is 53.5 Å². The van der Waals surface area contributed by atoms with Crippen LogP contribution in [0.2, 0.25) is 5.02 Å². The lowest BCUT2D eigenvalue weighted by Gasteiger charge is -2.21. The summed E-state index contributed by atoms with van der Waals surface area (Å²) in [5.74, 6) is 1.79. The van der Waals surface area contributed by atoms with Crippen molar-refractivity contribution in [2.24, 2.45) is 17.6 Å². The van der Waals surface area contributed by atoms with E-state index in [-0.39, 0.29) is 5.91 Å². The van der Waals surface area contributed by atoms with Gasteiger partial charge in [-0.15, -0.1) is 0 Å². The number of nitrogens with two attached hydrogens (primary N) is 1. The molecule has 0 saturated carbocycles. The number of amides is 1. The van der Waals surface area contributed by atoms with E-state index in [9.17, 15) is 4.79 Å². The molecule has 2 aliphatic rings. The molecule has 0 spiro atoms. The van der Waals surface area contributed by atoms with E-state index in [1.807, 2.05) is 36.7 Å². The third-order valence-corrected chi connectivity index (χ3v) is 5.30. The monoisotopic (exact) mass is 357 g/mol. The third-order valence-electron chi connectivity index (χ3n) is 5.04. The summed E-state index contributed by atoms with van der Waals surface area (Å²) in [5, 5.41) is 0.710. The second-order valence-electron chi connectivity index (χ2n) is 6.85. The minimum atomic E-state index is -0.250. The standard InChI is InChI=1S/C18H20ClN5O/c19-15-3-1-12(2-4-15)16-5-22-18(6-21-16)24-9-13-7-23(11-17(20)25)8-14(13)10-24/h1-6,13-14H,7-11H2,(H2,20,25). The highest BCUT2D eigenvalue weighted by molar-refractivity contribution is 6.30. The quantitative estimate of drug-likeness (QED) is 0.900. The van der Waals surface area contributed by atoms with Crippen molar-refractivity contribution in [1.29, 1.82) is 0 Å². The lowest BCUT2D eigenvalue weighted by molar-refractivity contribution is -0.118. The molecule has 7 heteroatoms. The van der Waals surface area contributed by atoms with Crippen LogP contribution < -0.4 is 10.6 Å². The Bertz CT molecular complexity index is 750. The minimum absolute atomic E-state index is 0.250. The number of hydrogen-bond donors (Lipinski definition) is 1. The molecule has 2 atom stereocenters. The number of primary amides is 1. The number of fused-ring (bicyclic) bond motifs is 1. The van der Waals surface area contributed by atoms with Crippen LogP contribution in [0.5, 0.6) is 0 Å². The first-order chi connectivity index (χ1) is 12.1. The minimum Gasteiger partial charge on any atom is -0.369 e. The highest BCUT2D eigenvalue weighted by atomic mass is 35.5. The van der Waals surface area contributed by atoms with Gasteiger partial charge >= 0.3 is 0 Å².